The van der Waals surface area contributed by atoms with Gasteiger partial charge in [0.1, 0.15) is 66.9 Å². The van der Waals surface area contributed by atoms with E-state index in [4.69, 9.17) is 52.1 Å². The van der Waals surface area contributed by atoms with Crippen LogP contribution in [0.5, 0.6) is 34.5 Å². The summed E-state index contributed by atoms with van der Waals surface area (Å²) in [4.78, 5) is 113. The number of ether oxygens (including phenoxy) is 11. The van der Waals surface area contributed by atoms with E-state index in [0.717, 1.165) is 16.9 Å². The number of anilines is 2. The highest BCUT2D eigenvalue weighted by molar-refractivity contribution is 6.07. The van der Waals surface area contributed by atoms with E-state index in [0.29, 0.717) is 30.4 Å². The van der Waals surface area contributed by atoms with Crippen LogP contribution in [-0.2, 0) is 46.5 Å². The molecule has 550 valence electrons. The first kappa shape index (κ1) is 74.8. The largest absolute Gasteiger partial charge is 0.493 e. The van der Waals surface area contributed by atoms with E-state index in [1.54, 1.807) is 20.8 Å². The molecular weight excluding hydrogens is 1350 g/mol. The van der Waals surface area contributed by atoms with E-state index in [2.05, 4.69) is 18.5 Å². The van der Waals surface area contributed by atoms with Crippen molar-refractivity contribution in [1.29, 1.82) is 0 Å². The second-order valence-corrected chi connectivity index (χ2v) is 25.9. The summed E-state index contributed by atoms with van der Waals surface area (Å²) in [5, 5.41) is 108. The summed E-state index contributed by atoms with van der Waals surface area (Å²) in [5.74, 6) is -6.49. The van der Waals surface area contributed by atoms with Crippen molar-refractivity contribution in [3.8, 4) is 34.5 Å². The lowest BCUT2D eigenvalue weighted by molar-refractivity contribution is -0.271. The minimum Gasteiger partial charge on any atom is -0.493 e. The van der Waals surface area contributed by atoms with Crippen molar-refractivity contribution in [1.82, 2.24) is 15.1 Å². The van der Waals surface area contributed by atoms with Gasteiger partial charge in [0.15, 0.2) is 47.7 Å². The quantitative estimate of drug-likeness (QED) is 0.0231. The molecule has 0 spiro atoms. The van der Waals surface area contributed by atoms with Gasteiger partial charge in [-0.3, -0.25) is 14.4 Å². The number of aliphatic hydroxyl groups is 8. The van der Waals surface area contributed by atoms with Gasteiger partial charge in [0.2, 0.25) is 12.6 Å². The second kappa shape index (κ2) is 30.8. The molecule has 11 N–H and O–H groups in total. The maximum atomic E-state index is 14.5. The first-order chi connectivity index (χ1) is 48.3. The van der Waals surface area contributed by atoms with Gasteiger partial charge in [-0.2, -0.15) is 0 Å². The van der Waals surface area contributed by atoms with Gasteiger partial charge in [-0.05, 0) is 100 Å². The van der Waals surface area contributed by atoms with Gasteiger partial charge in [0.05, 0.1) is 74.7 Å². The lowest BCUT2D eigenvalue weighted by atomic mass is 9.99. The van der Waals surface area contributed by atoms with Gasteiger partial charge in [0.25, 0.3) is 17.7 Å². The molecule has 6 aliphatic heterocycles. The number of carboxylic acids is 2. The number of nitrogens with one attached hydrogen (secondary N) is 1. The average Bonchev–Trinajstić information content (AvgIpc) is 1.59. The van der Waals surface area contributed by atoms with E-state index < -0.39 is 153 Å². The third kappa shape index (κ3) is 15.5. The van der Waals surface area contributed by atoms with E-state index in [9.17, 15) is 89.4 Å². The van der Waals surface area contributed by atoms with Crippen molar-refractivity contribution in [3.63, 3.8) is 0 Å². The van der Waals surface area contributed by atoms with Gasteiger partial charge in [-0.1, -0.05) is 36.4 Å². The smallest absolute Gasteiger partial charge is 0.416 e. The Labute approximate surface area is 581 Å². The van der Waals surface area contributed by atoms with Gasteiger partial charge in [-0.15, -0.1) is 0 Å². The fraction of sp³-hybridized carbons (Fsp3) is 0.471. The van der Waals surface area contributed by atoms with E-state index in [1.165, 1.54) is 84.7 Å². The van der Waals surface area contributed by atoms with Crippen LogP contribution in [0.4, 0.5) is 21.0 Å². The van der Waals surface area contributed by atoms with E-state index in [1.807, 2.05) is 0 Å². The summed E-state index contributed by atoms with van der Waals surface area (Å²) in [6.07, 6.45) is -24.1. The van der Waals surface area contributed by atoms with Crippen LogP contribution in [0.25, 0.3) is 0 Å². The van der Waals surface area contributed by atoms with Crippen LogP contribution in [0.2, 0.25) is 0 Å². The molecule has 14 atom stereocenters. The zero-order valence-corrected chi connectivity index (χ0v) is 56.1. The topological polar surface area (TPSA) is 465 Å². The van der Waals surface area contributed by atoms with Crippen molar-refractivity contribution in [2.45, 2.75) is 158 Å². The van der Waals surface area contributed by atoms with Gasteiger partial charge < -0.3 is 118 Å². The Kier molecular flexibility index (Phi) is 22.6. The zero-order valence-electron chi connectivity index (χ0n) is 56.1. The van der Waals surface area contributed by atoms with Crippen LogP contribution < -0.4 is 43.5 Å². The Morgan fingerprint density at radius 3 is 1.34 bits per heavy atom. The van der Waals surface area contributed by atoms with Crippen molar-refractivity contribution in [3.05, 3.63) is 118 Å². The average molecular weight is 1430 g/mol. The lowest BCUT2D eigenvalue weighted by Gasteiger charge is -2.38. The predicted octanol–water partition coefficient (Wildman–Crippen LogP) is 1.68. The zero-order chi connectivity index (χ0) is 74.1. The molecule has 0 saturated carbocycles. The van der Waals surface area contributed by atoms with Crippen molar-refractivity contribution >= 4 is 59.2 Å². The highest BCUT2D eigenvalue weighted by Crippen LogP contribution is 2.45. The Bertz CT molecular complexity index is 3930. The number of methoxy groups -OCH3 is 3. The van der Waals surface area contributed by atoms with Crippen molar-refractivity contribution < 1.29 is 142 Å². The van der Waals surface area contributed by atoms with Crippen LogP contribution in [0.3, 0.4) is 0 Å². The SMILES string of the molecule is C=C1C[C@H]2C(O)N(C(=O)OCc3ccc(O[C@@H]4O[C@H](C(=O)O)[C@@H](O)[C@H](O)[C@H]4O)c(C(=O)NC(C)(C)C)c3)c3cc(OCCCCCOc4cc5c(cc4OC)C(=O)N4CC(=C)C[C@H]4C(O)N5C(=O)OCc4ccc(O[C@@H]5O[C@H](C(=O)O)[C@@H](O)[C@H](O)[C@H]5O)c(C(=O)OC)c4)c(OC)cc3C(=O)N2C1. The number of aliphatic carboxylic acids is 2. The van der Waals surface area contributed by atoms with Crippen LogP contribution in [0.1, 0.15) is 105 Å². The van der Waals surface area contributed by atoms with E-state index in [-0.39, 0.29) is 118 Å². The monoisotopic (exact) mass is 1430 g/mol. The molecule has 6 aliphatic rings. The summed E-state index contributed by atoms with van der Waals surface area (Å²) in [5.41, 5.74) is -0.196. The maximum Gasteiger partial charge on any atom is 0.416 e. The number of carboxylic acid groups (broad SMARTS) is 2. The number of hydrogen-bond acceptors (Lipinski definition) is 27. The number of hydrogen-bond donors (Lipinski definition) is 11. The molecular formula is C68H79N5O29. The number of amides is 5. The van der Waals surface area contributed by atoms with Crippen LogP contribution in [0, 0.1) is 0 Å². The fourth-order valence-corrected chi connectivity index (χ4v) is 12.5. The molecule has 0 bridgehead atoms. The number of carbonyl (C=O) groups is 8. The highest BCUT2D eigenvalue weighted by Gasteiger charge is 2.52. The summed E-state index contributed by atoms with van der Waals surface area (Å²) >= 11 is 0. The molecule has 4 saturated heterocycles. The molecule has 0 radical (unpaired) electrons. The summed E-state index contributed by atoms with van der Waals surface area (Å²) in [6, 6.07) is 11.1. The Hall–Kier alpha value is -9.88. The number of benzene rings is 4. The summed E-state index contributed by atoms with van der Waals surface area (Å²) < 4.78 is 62.2. The molecule has 0 aliphatic carbocycles. The van der Waals surface area contributed by atoms with Crippen molar-refractivity contribution in [2.75, 3.05) is 57.4 Å². The Morgan fingerprint density at radius 2 is 0.951 bits per heavy atom. The van der Waals surface area contributed by atoms with Gasteiger partial charge >= 0.3 is 30.1 Å². The van der Waals surface area contributed by atoms with Gasteiger partial charge in [-0.25, -0.2) is 33.8 Å². The minimum atomic E-state index is -2.03. The molecule has 10 rings (SSSR count). The Morgan fingerprint density at radius 1 is 0.539 bits per heavy atom. The molecule has 4 aromatic carbocycles. The standard InChI is InChI=1S/C68H79N5O29/c1-30-18-40-59(83)72(66(90)97-28-32-12-14-42(36(20-32)56(80)69-68(3,4)5)99-64-52(78)48(74)50(76)54(101-64)61(85)86)38-24-46(44(92-6)22-34(38)57(81)70(40)26-30)95-16-10-9-11-17-96-47-25-39-35(23-45(47)93-7)58(82)71-27-31(2)19-41(71)60(84)73(39)67(91)98-29-33-13-15-43(37(21-33)63(89)94-8)100-65-53(79)49(75)51(77)55(102-65)62(87)88/h12-15,20-25,40-41,48-55,59-60,64-65,74-79,83-84H,1-2,9-11,16-19,26-29H2,3-8H3,(H,69,80)(H,85,86)(H,87,88)/t40-,41-,48-,49-,50-,51-,52+,53+,54-,55-,59?,60?,64+,65+/m0/s1. The summed E-state index contributed by atoms with van der Waals surface area (Å²) in [7, 11) is 3.73. The normalized spacial score (nSPS) is 26.1. The first-order valence-corrected chi connectivity index (χ1v) is 32.1. The predicted molar refractivity (Wildman–Crippen MR) is 347 cm³/mol. The molecule has 4 fully saturated rings. The molecule has 6 heterocycles. The Balaban J connectivity index is 0.821. The number of nitrogens with zero attached hydrogens (tertiary/aromatic N) is 4. The molecule has 34 nitrogen and oxygen atoms in total. The molecule has 2 unspecified atom stereocenters. The van der Waals surface area contributed by atoms with Crippen LogP contribution in [-0.4, -0.2) is 248 Å². The van der Waals surface area contributed by atoms with Crippen molar-refractivity contribution in [2.24, 2.45) is 0 Å². The minimum absolute atomic E-state index is 0.0272. The number of carbonyl (C=O) groups excluding carboxylic acids is 6. The molecule has 34 heteroatoms. The number of unbranched alkanes of at least 4 members (excludes halogenated alkanes) is 2. The molecule has 4 aromatic rings. The fourth-order valence-electron chi connectivity index (χ4n) is 12.5. The number of rotatable bonds is 22. The molecule has 5 amide bonds. The molecule has 0 aromatic heterocycles. The second-order valence-electron chi connectivity index (χ2n) is 25.9. The summed E-state index contributed by atoms with van der Waals surface area (Å²) in [6.45, 7) is 12.1. The molecule has 102 heavy (non-hydrogen) atoms. The first-order valence-electron chi connectivity index (χ1n) is 32.1. The lowest BCUT2D eigenvalue weighted by Crippen LogP contribution is -2.61. The number of fused-ring (bicyclic) bond motifs is 4. The van der Waals surface area contributed by atoms with E-state index >= 15 is 0 Å². The number of esters is 1. The van der Waals surface area contributed by atoms with Crippen LogP contribution >= 0.6 is 0 Å². The third-order valence-corrected chi connectivity index (χ3v) is 17.6. The number of aliphatic hydroxyl groups excluding tert-OH is 8. The van der Waals surface area contributed by atoms with Crippen LogP contribution in [0.15, 0.2) is 85.0 Å². The maximum absolute atomic E-state index is 14.5. The highest BCUT2D eigenvalue weighted by atomic mass is 16.7. The third-order valence-electron chi connectivity index (χ3n) is 17.6. The van der Waals surface area contributed by atoms with Gasteiger partial charge in [0, 0.05) is 30.8 Å².